The predicted molar refractivity (Wildman–Crippen MR) is 110 cm³/mol. The minimum Gasteiger partial charge on any atom is -0.321 e. The van der Waals surface area contributed by atoms with Crippen LogP contribution in [0.25, 0.3) is 5.69 Å². The standard InChI is InChI=1S/C21H22FN3O3S/c1-21(2,3)29(27,28)14-15-6-4-8-17(12-15)23-20(26)19-10-11-25(24-19)18-9-5-7-16(22)13-18/h4-13H,14H2,1-3H3,(H,23,26). The van der Waals surface area contributed by atoms with Crippen LogP contribution in [0.4, 0.5) is 10.1 Å². The van der Waals surface area contributed by atoms with E-state index < -0.39 is 26.3 Å². The van der Waals surface area contributed by atoms with Crippen molar-refractivity contribution in [2.45, 2.75) is 31.3 Å². The van der Waals surface area contributed by atoms with Crippen LogP contribution in [-0.4, -0.2) is 28.9 Å². The fourth-order valence-electron chi connectivity index (χ4n) is 2.58. The molecule has 0 saturated heterocycles. The van der Waals surface area contributed by atoms with E-state index in [-0.39, 0.29) is 11.4 Å². The first kappa shape index (κ1) is 20.7. The van der Waals surface area contributed by atoms with Gasteiger partial charge in [-0.1, -0.05) is 18.2 Å². The largest absolute Gasteiger partial charge is 0.321 e. The van der Waals surface area contributed by atoms with Crippen LogP contribution in [-0.2, 0) is 15.6 Å². The molecule has 0 atom stereocenters. The van der Waals surface area contributed by atoms with Crippen LogP contribution in [0.3, 0.4) is 0 Å². The van der Waals surface area contributed by atoms with Crippen molar-refractivity contribution in [1.82, 2.24) is 9.78 Å². The second-order valence-corrected chi connectivity index (χ2v) is 10.4. The second kappa shape index (κ2) is 7.79. The van der Waals surface area contributed by atoms with E-state index in [9.17, 15) is 17.6 Å². The van der Waals surface area contributed by atoms with E-state index in [0.717, 1.165) is 0 Å². The molecular weight excluding hydrogens is 393 g/mol. The van der Waals surface area contributed by atoms with Gasteiger partial charge in [0.2, 0.25) is 0 Å². The quantitative estimate of drug-likeness (QED) is 0.684. The highest BCUT2D eigenvalue weighted by atomic mass is 32.2. The molecule has 1 aromatic heterocycles. The van der Waals surface area contributed by atoms with E-state index in [4.69, 9.17) is 0 Å². The van der Waals surface area contributed by atoms with Gasteiger partial charge in [0.1, 0.15) is 5.82 Å². The molecule has 8 heteroatoms. The van der Waals surface area contributed by atoms with Gasteiger partial charge >= 0.3 is 0 Å². The molecule has 3 rings (SSSR count). The topological polar surface area (TPSA) is 81.1 Å². The maximum atomic E-state index is 13.4. The van der Waals surface area contributed by atoms with E-state index in [2.05, 4.69) is 10.4 Å². The highest BCUT2D eigenvalue weighted by Crippen LogP contribution is 2.22. The molecule has 0 aliphatic heterocycles. The van der Waals surface area contributed by atoms with Crippen LogP contribution >= 0.6 is 0 Å². The Morgan fingerprint density at radius 2 is 1.83 bits per heavy atom. The molecule has 0 radical (unpaired) electrons. The molecular formula is C21H22FN3O3S. The average molecular weight is 415 g/mol. The summed E-state index contributed by atoms with van der Waals surface area (Å²) >= 11 is 0. The third-order valence-electron chi connectivity index (χ3n) is 4.37. The van der Waals surface area contributed by atoms with E-state index in [1.165, 1.54) is 22.9 Å². The lowest BCUT2D eigenvalue weighted by Crippen LogP contribution is -2.29. The van der Waals surface area contributed by atoms with Crippen LogP contribution in [0.15, 0.2) is 60.8 Å². The number of aromatic nitrogens is 2. The number of nitrogens with one attached hydrogen (secondary N) is 1. The maximum absolute atomic E-state index is 13.4. The van der Waals surface area contributed by atoms with Gasteiger partial charge in [-0.25, -0.2) is 17.5 Å². The molecule has 0 aliphatic rings. The summed E-state index contributed by atoms with van der Waals surface area (Å²) in [4.78, 5) is 12.5. The van der Waals surface area contributed by atoms with Crippen molar-refractivity contribution >= 4 is 21.4 Å². The number of anilines is 1. The second-order valence-electron chi connectivity index (χ2n) is 7.65. The molecule has 0 fully saturated rings. The Kier molecular flexibility index (Phi) is 5.57. The van der Waals surface area contributed by atoms with Gasteiger partial charge in [-0.15, -0.1) is 0 Å². The van der Waals surface area contributed by atoms with Gasteiger partial charge in [0.05, 0.1) is 16.2 Å². The molecule has 0 unspecified atom stereocenters. The number of sulfone groups is 1. The Bertz CT molecular complexity index is 1150. The number of amides is 1. The van der Waals surface area contributed by atoms with Crippen LogP contribution in [0.5, 0.6) is 0 Å². The van der Waals surface area contributed by atoms with Crippen molar-refractivity contribution in [3.05, 3.63) is 77.9 Å². The summed E-state index contributed by atoms with van der Waals surface area (Å²) in [6.45, 7) is 4.97. The highest BCUT2D eigenvalue weighted by molar-refractivity contribution is 7.91. The molecule has 0 bridgehead atoms. The summed E-state index contributed by atoms with van der Waals surface area (Å²) < 4.78 is 38.7. The Labute approximate surface area is 169 Å². The number of benzene rings is 2. The number of nitrogens with zero attached hydrogens (tertiary/aromatic N) is 2. The Hall–Kier alpha value is -3.00. The zero-order valence-electron chi connectivity index (χ0n) is 16.4. The minimum absolute atomic E-state index is 0.117. The molecule has 152 valence electrons. The van der Waals surface area contributed by atoms with Gasteiger partial charge in [-0.2, -0.15) is 5.10 Å². The lowest BCUT2D eigenvalue weighted by Gasteiger charge is -2.19. The molecule has 3 aromatic rings. The van der Waals surface area contributed by atoms with Crippen LogP contribution in [0.1, 0.15) is 36.8 Å². The molecule has 29 heavy (non-hydrogen) atoms. The molecule has 0 aliphatic carbocycles. The van der Waals surface area contributed by atoms with Crippen molar-refractivity contribution in [2.75, 3.05) is 5.32 Å². The summed E-state index contributed by atoms with van der Waals surface area (Å²) in [5.74, 6) is -0.962. The van der Waals surface area contributed by atoms with Crippen molar-refractivity contribution in [3.63, 3.8) is 0 Å². The van der Waals surface area contributed by atoms with Gasteiger partial charge < -0.3 is 5.32 Å². The number of carbonyl (C=O) groups excluding carboxylic acids is 1. The lowest BCUT2D eigenvalue weighted by atomic mass is 10.2. The van der Waals surface area contributed by atoms with Crippen LogP contribution < -0.4 is 5.32 Å². The predicted octanol–water partition coefficient (Wildman–Crippen LogP) is 3.98. The SMILES string of the molecule is CC(C)(C)S(=O)(=O)Cc1cccc(NC(=O)c2ccn(-c3cccc(F)c3)n2)c1. The molecule has 0 saturated carbocycles. The van der Waals surface area contributed by atoms with Gasteiger partial charge in [0, 0.05) is 11.9 Å². The zero-order chi connectivity index (χ0) is 21.2. The number of hydrogen-bond acceptors (Lipinski definition) is 4. The third kappa shape index (κ3) is 4.89. The number of rotatable bonds is 5. The van der Waals surface area contributed by atoms with Crippen LogP contribution in [0.2, 0.25) is 0 Å². The summed E-state index contributed by atoms with van der Waals surface area (Å²) in [7, 11) is -3.34. The maximum Gasteiger partial charge on any atom is 0.276 e. The van der Waals surface area contributed by atoms with Crippen molar-refractivity contribution in [3.8, 4) is 5.69 Å². The molecule has 0 spiro atoms. The van der Waals surface area contributed by atoms with Gasteiger partial charge in [0.15, 0.2) is 15.5 Å². The summed E-state index contributed by atoms with van der Waals surface area (Å²) in [5, 5.41) is 6.89. The zero-order valence-corrected chi connectivity index (χ0v) is 17.2. The molecule has 1 amide bonds. The first-order valence-electron chi connectivity index (χ1n) is 8.99. The molecule has 6 nitrogen and oxygen atoms in total. The Morgan fingerprint density at radius 3 is 2.52 bits per heavy atom. The fourth-order valence-corrected chi connectivity index (χ4v) is 3.63. The Balaban J connectivity index is 1.75. The molecule has 2 aromatic carbocycles. The average Bonchev–Trinajstić information content (AvgIpc) is 3.11. The highest BCUT2D eigenvalue weighted by Gasteiger charge is 2.29. The number of halogens is 1. The lowest BCUT2D eigenvalue weighted by molar-refractivity contribution is 0.102. The summed E-state index contributed by atoms with van der Waals surface area (Å²) in [6, 6.07) is 14.1. The minimum atomic E-state index is -3.34. The monoisotopic (exact) mass is 415 g/mol. The van der Waals surface area contributed by atoms with Gasteiger partial charge in [0.25, 0.3) is 5.91 Å². The van der Waals surface area contributed by atoms with Crippen molar-refractivity contribution in [1.29, 1.82) is 0 Å². The van der Waals surface area contributed by atoms with Crippen LogP contribution in [0, 0.1) is 5.82 Å². The first-order chi connectivity index (χ1) is 13.5. The van der Waals surface area contributed by atoms with E-state index in [1.54, 1.807) is 63.4 Å². The Morgan fingerprint density at radius 1 is 1.10 bits per heavy atom. The third-order valence-corrected chi connectivity index (χ3v) is 6.95. The van der Waals surface area contributed by atoms with Gasteiger partial charge in [-0.3, -0.25) is 4.79 Å². The normalized spacial score (nSPS) is 12.0. The summed E-state index contributed by atoms with van der Waals surface area (Å²) in [5.41, 5.74) is 1.71. The van der Waals surface area contributed by atoms with E-state index >= 15 is 0 Å². The number of hydrogen-bond donors (Lipinski definition) is 1. The fraction of sp³-hybridized carbons (Fsp3) is 0.238. The smallest absolute Gasteiger partial charge is 0.276 e. The van der Waals surface area contributed by atoms with Crippen molar-refractivity contribution in [2.24, 2.45) is 0 Å². The summed E-state index contributed by atoms with van der Waals surface area (Å²) in [6.07, 6.45) is 1.57. The molecule has 1 N–H and O–H groups in total. The van der Waals surface area contributed by atoms with E-state index in [0.29, 0.717) is 16.9 Å². The molecule has 1 heterocycles. The first-order valence-corrected chi connectivity index (χ1v) is 10.6. The number of carbonyl (C=O) groups is 1. The van der Waals surface area contributed by atoms with Gasteiger partial charge in [-0.05, 0) is 62.7 Å². The van der Waals surface area contributed by atoms with Crippen molar-refractivity contribution < 1.29 is 17.6 Å². The van der Waals surface area contributed by atoms with E-state index in [1.807, 2.05) is 0 Å².